The quantitative estimate of drug-likeness (QED) is 0.411. The largest absolute Gasteiger partial charge is 0.478 e. The van der Waals surface area contributed by atoms with Gasteiger partial charge in [-0.1, -0.05) is 6.58 Å². The van der Waals surface area contributed by atoms with Crippen LogP contribution in [0.25, 0.3) is 0 Å². The first-order valence-electron chi connectivity index (χ1n) is 5.06. The minimum absolute atomic E-state index is 0.176. The Hall–Kier alpha value is -0.780. The van der Waals surface area contributed by atoms with Crippen molar-refractivity contribution >= 4 is 20.9 Å². The Morgan fingerprint density at radius 1 is 1.31 bits per heavy atom. The summed E-state index contributed by atoms with van der Waals surface area (Å²) in [6.45, 7) is 6.27. The summed E-state index contributed by atoms with van der Waals surface area (Å²) >= 11 is 0. The molecule has 2 rings (SSSR count). The molecule has 0 atom stereocenters. The van der Waals surface area contributed by atoms with Crippen molar-refractivity contribution < 1.29 is 24.2 Å². The first kappa shape index (κ1) is 15.2. The molecular formula is C9H16B2O5. The maximum atomic E-state index is 9.60. The van der Waals surface area contributed by atoms with E-state index in [1.807, 2.05) is 7.48 Å². The fourth-order valence-corrected chi connectivity index (χ4v) is 0.657. The molecule has 0 saturated carbocycles. The fraction of sp³-hybridized carbons (Fsp3) is 0.667. The predicted molar refractivity (Wildman–Crippen MR) is 61.2 cm³/mol. The van der Waals surface area contributed by atoms with E-state index in [-0.39, 0.29) is 5.57 Å². The third-order valence-electron chi connectivity index (χ3n) is 1.52. The number of carboxylic acids is 1. The van der Waals surface area contributed by atoms with Crippen LogP contribution in [0.3, 0.4) is 0 Å². The molecule has 0 spiro atoms. The molecule has 0 amide bonds. The van der Waals surface area contributed by atoms with E-state index >= 15 is 0 Å². The fourth-order valence-electron chi connectivity index (χ4n) is 0.657. The SMILES string of the molecule is C=C(C)C(=O)O.[B]1CCCO1.[B]1CCOO1. The number of carbonyl (C=O) groups is 1. The van der Waals surface area contributed by atoms with Gasteiger partial charge in [0.2, 0.25) is 0 Å². The summed E-state index contributed by atoms with van der Waals surface area (Å²) in [4.78, 5) is 18.3. The molecule has 88 valence electrons. The smallest absolute Gasteiger partial charge is 0.346 e. The summed E-state index contributed by atoms with van der Waals surface area (Å²) in [7, 11) is 3.50. The standard InChI is InChI=1S/C4H6O2.C3H6BO.C2H4BO2/c1-3(2)4(5)6;2*1-2-4-5-3-1/h1H2,2H3,(H,5,6);1-3H2;1-2H2. The van der Waals surface area contributed by atoms with Crippen molar-refractivity contribution in [3.05, 3.63) is 12.2 Å². The molecule has 0 aliphatic carbocycles. The van der Waals surface area contributed by atoms with Gasteiger partial charge in [-0.2, -0.15) is 0 Å². The number of rotatable bonds is 1. The molecule has 0 aromatic rings. The van der Waals surface area contributed by atoms with Crippen LogP contribution in [0.2, 0.25) is 12.6 Å². The minimum Gasteiger partial charge on any atom is -0.478 e. The lowest BCUT2D eigenvalue weighted by atomic mass is 9.98. The third kappa shape index (κ3) is 11.3. The first-order valence-corrected chi connectivity index (χ1v) is 5.06. The Bertz CT molecular complexity index is 165. The second kappa shape index (κ2) is 10.7. The summed E-state index contributed by atoms with van der Waals surface area (Å²) in [6.07, 6.45) is 3.31. The number of hydrogen-bond acceptors (Lipinski definition) is 4. The number of aliphatic carboxylic acids is 1. The summed E-state index contributed by atoms with van der Waals surface area (Å²) in [5, 5.41) is 7.89. The van der Waals surface area contributed by atoms with Crippen LogP contribution in [0, 0.1) is 0 Å². The van der Waals surface area contributed by atoms with Gasteiger partial charge in [0, 0.05) is 12.2 Å². The molecule has 0 aromatic heterocycles. The van der Waals surface area contributed by atoms with Crippen LogP contribution in [0.4, 0.5) is 0 Å². The van der Waals surface area contributed by atoms with Crippen LogP contribution < -0.4 is 0 Å². The van der Waals surface area contributed by atoms with E-state index in [2.05, 4.69) is 16.3 Å². The van der Waals surface area contributed by atoms with E-state index in [1.165, 1.54) is 13.3 Å². The Morgan fingerprint density at radius 2 is 2.00 bits per heavy atom. The van der Waals surface area contributed by atoms with Gasteiger partial charge in [-0.25, -0.2) is 4.79 Å². The zero-order valence-corrected chi connectivity index (χ0v) is 9.48. The second-order valence-electron chi connectivity index (χ2n) is 3.14. The van der Waals surface area contributed by atoms with Crippen LogP contribution in [-0.2, 0) is 19.1 Å². The average Bonchev–Trinajstić information content (AvgIpc) is 2.97. The Balaban J connectivity index is 0.000000211. The zero-order chi connectivity index (χ0) is 12.2. The van der Waals surface area contributed by atoms with Gasteiger partial charge in [-0.15, -0.1) is 0 Å². The van der Waals surface area contributed by atoms with Crippen molar-refractivity contribution in [3.8, 4) is 0 Å². The molecule has 0 aromatic carbocycles. The van der Waals surface area contributed by atoms with E-state index in [9.17, 15) is 4.79 Å². The number of hydrogen-bond donors (Lipinski definition) is 1. The molecule has 0 unspecified atom stereocenters. The van der Waals surface area contributed by atoms with E-state index < -0.39 is 5.97 Å². The highest BCUT2D eigenvalue weighted by atomic mass is 17.2. The van der Waals surface area contributed by atoms with E-state index in [0.717, 1.165) is 25.9 Å². The van der Waals surface area contributed by atoms with Crippen LogP contribution in [-0.4, -0.2) is 39.3 Å². The highest BCUT2D eigenvalue weighted by Crippen LogP contribution is 1.97. The molecule has 5 nitrogen and oxygen atoms in total. The average molecular weight is 226 g/mol. The lowest BCUT2D eigenvalue weighted by Crippen LogP contribution is -1.92. The summed E-state index contributed by atoms with van der Waals surface area (Å²) in [5.41, 5.74) is 0.176. The molecule has 2 heterocycles. The third-order valence-corrected chi connectivity index (χ3v) is 1.52. The normalized spacial score (nSPS) is 16.8. The van der Waals surface area contributed by atoms with Crippen molar-refractivity contribution in [1.82, 2.24) is 0 Å². The topological polar surface area (TPSA) is 65.0 Å². The van der Waals surface area contributed by atoms with E-state index in [1.54, 1.807) is 7.48 Å². The highest BCUT2D eigenvalue weighted by molar-refractivity contribution is 6.27. The minimum atomic E-state index is -0.935. The highest BCUT2D eigenvalue weighted by Gasteiger charge is 2.00. The summed E-state index contributed by atoms with van der Waals surface area (Å²) < 4.78 is 4.82. The van der Waals surface area contributed by atoms with Crippen LogP contribution in [0.15, 0.2) is 12.2 Å². The van der Waals surface area contributed by atoms with Gasteiger partial charge in [0.15, 0.2) is 0 Å². The van der Waals surface area contributed by atoms with Gasteiger partial charge in [0.1, 0.15) is 0 Å². The van der Waals surface area contributed by atoms with Gasteiger partial charge >= 0.3 is 13.5 Å². The van der Waals surface area contributed by atoms with Gasteiger partial charge in [-0.3, -0.25) is 4.89 Å². The first-order chi connectivity index (χ1) is 7.64. The van der Waals surface area contributed by atoms with Crippen LogP contribution in [0.1, 0.15) is 13.3 Å². The summed E-state index contributed by atoms with van der Waals surface area (Å²) in [5.74, 6) is -0.935. The van der Waals surface area contributed by atoms with Gasteiger partial charge in [0.05, 0.1) is 6.61 Å². The molecular weight excluding hydrogens is 210 g/mol. The van der Waals surface area contributed by atoms with Gasteiger partial charge in [0.25, 0.3) is 7.48 Å². The molecule has 2 radical (unpaired) electrons. The van der Waals surface area contributed by atoms with Crippen molar-refractivity contribution in [1.29, 1.82) is 0 Å². The van der Waals surface area contributed by atoms with Crippen LogP contribution in [0.5, 0.6) is 0 Å². The monoisotopic (exact) mass is 226 g/mol. The Morgan fingerprint density at radius 3 is 2.12 bits per heavy atom. The van der Waals surface area contributed by atoms with Crippen molar-refractivity contribution in [2.45, 2.75) is 26.0 Å². The van der Waals surface area contributed by atoms with E-state index in [4.69, 9.17) is 9.76 Å². The molecule has 2 saturated heterocycles. The molecule has 2 aliphatic heterocycles. The van der Waals surface area contributed by atoms with Crippen LogP contribution >= 0.6 is 0 Å². The Labute approximate surface area is 97.2 Å². The van der Waals surface area contributed by atoms with E-state index in [0.29, 0.717) is 0 Å². The predicted octanol–water partition coefficient (Wildman–Crippen LogP) is 1.08. The molecule has 16 heavy (non-hydrogen) atoms. The zero-order valence-electron chi connectivity index (χ0n) is 9.48. The molecule has 7 heteroatoms. The molecule has 2 fully saturated rings. The molecule has 0 bridgehead atoms. The second-order valence-corrected chi connectivity index (χ2v) is 3.14. The van der Waals surface area contributed by atoms with Gasteiger partial charge in [-0.05, 0) is 26.0 Å². The van der Waals surface area contributed by atoms with Gasteiger partial charge < -0.3 is 14.6 Å². The molecule has 1 N–H and O–H groups in total. The number of carboxylic acid groups (broad SMARTS) is 1. The lowest BCUT2D eigenvalue weighted by Gasteiger charge is -1.79. The summed E-state index contributed by atoms with van der Waals surface area (Å²) in [6, 6.07) is 0. The maximum absolute atomic E-state index is 9.60. The molecule has 2 aliphatic rings. The maximum Gasteiger partial charge on any atom is 0.346 e. The van der Waals surface area contributed by atoms with Crippen molar-refractivity contribution in [2.75, 3.05) is 13.2 Å². The van der Waals surface area contributed by atoms with Crippen molar-refractivity contribution in [2.24, 2.45) is 0 Å². The lowest BCUT2D eigenvalue weighted by molar-refractivity contribution is -0.181. The Kier molecular flexibility index (Phi) is 10.2. The van der Waals surface area contributed by atoms with Crippen molar-refractivity contribution in [3.63, 3.8) is 0 Å².